The smallest absolute Gasteiger partial charge is 0.270 e. The number of carbonyl (C=O) groups is 2. The molecule has 0 atom stereocenters. The van der Waals surface area contributed by atoms with Crippen LogP contribution in [0, 0.1) is 0 Å². The summed E-state index contributed by atoms with van der Waals surface area (Å²) in [7, 11) is 0. The van der Waals surface area contributed by atoms with Crippen molar-refractivity contribution in [3.05, 3.63) is 28.6 Å². The van der Waals surface area contributed by atoms with Crippen molar-refractivity contribution >= 4 is 34.5 Å². The van der Waals surface area contributed by atoms with Crippen molar-refractivity contribution < 1.29 is 9.59 Å². The van der Waals surface area contributed by atoms with Gasteiger partial charge in [-0.2, -0.15) is 0 Å². The fourth-order valence-electron chi connectivity index (χ4n) is 1.40. The van der Waals surface area contributed by atoms with E-state index in [1.165, 1.54) is 18.3 Å². The molecule has 2 amide bonds. The number of hydrogen-bond donors (Lipinski definition) is 2. The number of aromatic nitrogens is 1. The van der Waals surface area contributed by atoms with Crippen LogP contribution in [0.25, 0.3) is 9.88 Å². The van der Waals surface area contributed by atoms with Gasteiger partial charge in [-0.3, -0.25) is 9.59 Å². The summed E-state index contributed by atoms with van der Waals surface area (Å²) in [5.74, 6) is -0.327. The average molecular weight is 295 g/mol. The van der Waals surface area contributed by atoms with Crippen LogP contribution >= 0.6 is 22.7 Å². The molecule has 0 radical (unpaired) electrons. The minimum absolute atomic E-state index is 0.108. The Morgan fingerprint density at radius 1 is 1.26 bits per heavy atom. The fraction of sp³-hybridized carbons (Fsp3) is 0.250. The number of amides is 2. The predicted molar refractivity (Wildman–Crippen MR) is 76.4 cm³/mol. The molecule has 5 nitrogen and oxygen atoms in total. The summed E-state index contributed by atoms with van der Waals surface area (Å²) in [6, 6.07) is 3.93. The molecule has 0 unspecified atom stereocenters. The molecule has 7 heteroatoms. The van der Waals surface area contributed by atoms with Crippen molar-refractivity contribution in [2.24, 2.45) is 0 Å². The molecule has 0 bridgehead atoms. The van der Waals surface area contributed by atoms with Gasteiger partial charge in [-0.15, -0.1) is 22.7 Å². The lowest BCUT2D eigenvalue weighted by Gasteiger charge is -2.03. The van der Waals surface area contributed by atoms with Crippen molar-refractivity contribution in [2.45, 2.75) is 6.92 Å². The summed E-state index contributed by atoms with van der Waals surface area (Å²) in [5, 5.41) is 9.88. The van der Waals surface area contributed by atoms with Crippen LogP contribution in [-0.4, -0.2) is 29.9 Å². The second kappa shape index (κ2) is 6.44. The number of thiophene rings is 1. The molecule has 0 spiro atoms. The standard InChI is InChI=1S/C12H13N3O2S2/c1-8(16)13-4-5-14-11(17)9-7-19-12(15-9)10-3-2-6-18-10/h2-3,6-7H,4-5H2,1H3,(H,13,16)(H,14,17). The minimum Gasteiger partial charge on any atom is -0.355 e. The highest BCUT2D eigenvalue weighted by Gasteiger charge is 2.11. The number of hydrogen-bond acceptors (Lipinski definition) is 5. The number of nitrogens with zero attached hydrogens (tertiary/aromatic N) is 1. The van der Waals surface area contributed by atoms with E-state index in [-0.39, 0.29) is 11.8 Å². The number of nitrogens with one attached hydrogen (secondary N) is 2. The number of thiazole rings is 1. The van der Waals surface area contributed by atoms with Crippen LogP contribution in [0.4, 0.5) is 0 Å². The number of rotatable bonds is 5. The second-order valence-electron chi connectivity index (χ2n) is 3.75. The monoisotopic (exact) mass is 295 g/mol. The topological polar surface area (TPSA) is 71.1 Å². The molecule has 0 aliphatic rings. The van der Waals surface area contributed by atoms with Gasteiger partial charge >= 0.3 is 0 Å². The van der Waals surface area contributed by atoms with Gasteiger partial charge in [0.2, 0.25) is 5.91 Å². The largest absolute Gasteiger partial charge is 0.355 e. The Kier molecular flexibility index (Phi) is 4.64. The Bertz CT molecular complexity index is 563. The van der Waals surface area contributed by atoms with Gasteiger partial charge in [-0.05, 0) is 11.4 Å². The van der Waals surface area contributed by atoms with E-state index in [1.807, 2.05) is 17.5 Å². The summed E-state index contributed by atoms with van der Waals surface area (Å²) >= 11 is 3.04. The highest BCUT2D eigenvalue weighted by molar-refractivity contribution is 7.20. The fourth-order valence-corrected chi connectivity index (χ4v) is 3.01. The molecule has 2 rings (SSSR count). The minimum atomic E-state index is -0.218. The van der Waals surface area contributed by atoms with E-state index in [0.29, 0.717) is 18.8 Å². The SMILES string of the molecule is CC(=O)NCCNC(=O)c1csc(-c2cccs2)n1. The van der Waals surface area contributed by atoms with Gasteiger partial charge in [-0.25, -0.2) is 4.98 Å². The Morgan fingerprint density at radius 2 is 2.05 bits per heavy atom. The summed E-state index contributed by atoms with van der Waals surface area (Å²) in [6.07, 6.45) is 0. The molecular formula is C12H13N3O2S2. The normalized spacial score (nSPS) is 10.2. The van der Waals surface area contributed by atoms with Gasteiger partial charge in [0.05, 0.1) is 4.88 Å². The summed E-state index contributed by atoms with van der Waals surface area (Å²) < 4.78 is 0. The summed E-state index contributed by atoms with van der Waals surface area (Å²) in [4.78, 5) is 27.8. The first-order valence-corrected chi connectivity index (χ1v) is 7.45. The van der Waals surface area contributed by atoms with Crippen molar-refractivity contribution in [2.75, 3.05) is 13.1 Å². The second-order valence-corrected chi connectivity index (χ2v) is 5.56. The molecule has 100 valence electrons. The van der Waals surface area contributed by atoms with E-state index in [0.717, 1.165) is 9.88 Å². The third-order valence-corrected chi connectivity index (χ3v) is 4.13. The highest BCUT2D eigenvalue weighted by Crippen LogP contribution is 2.27. The van der Waals surface area contributed by atoms with Crippen LogP contribution in [0.3, 0.4) is 0 Å². The maximum atomic E-state index is 11.8. The Labute approximate surface area is 118 Å². The lowest BCUT2D eigenvalue weighted by molar-refractivity contribution is -0.118. The number of carbonyl (C=O) groups excluding carboxylic acids is 2. The molecule has 0 aromatic carbocycles. The molecule has 0 aliphatic carbocycles. The van der Waals surface area contributed by atoms with Crippen LogP contribution in [0.5, 0.6) is 0 Å². The van der Waals surface area contributed by atoms with E-state index in [9.17, 15) is 9.59 Å². The lowest BCUT2D eigenvalue weighted by Crippen LogP contribution is -2.33. The molecule has 19 heavy (non-hydrogen) atoms. The van der Waals surface area contributed by atoms with Gasteiger partial charge < -0.3 is 10.6 Å². The van der Waals surface area contributed by atoms with Gasteiger partial charge in [0.1, 0.15) is 10.7 Å². The molecule has 2 aromatic rings. The summed E-state index contributed by atoms with van der Waals surface area (Å²) in [5.41, 5.74) is 0.413. The maximum Gasteiger partial charge on any atom is 0.270 e. The first-order chi connectivity index (χ1) is 9.16. The molecule has 0 saturated carbocycles. The molecule has 0 saturated heterocycles. The van der Waals surface area contributed by atoms with E-state index in [1.54, 1.807) is 16.7 Å². The quantitative estimate of drug-likeness (QED) is 0.825. The zero-order valence-corrected chi connectivity index (χ0v) is 11.9. The van der Waals surface area contributed by atoms with Gasteiger partial charge in [-0.1, -0.05) is 6.07 Å². The van der Waals surface area contributed by atoms with Gasteiger partial charge in [0, 0.05) is 25.4 Å². The molecule has 2 aromatic heterocycles. The van der Waals surface area contributed by atoms with Crippen LogP contribution in [0.2, 0.25) is 0 Å². The van der Waals surface area contributed by atoms with E-state index < -0.39 is 0 Å². The molecule has 2 heterocycles. The van der Waals surface area contributed by atoms with Crippen molar-refractivity contribution in [1.29, 1.82) is 0 Å². The van der Waals surface area contributed by atoms with Crippen LogP contribution in [0.1, 0.15) is 17.4 Å². The zero-order chi connectivity index (χ0) is 13.7. The van der Waals surface area contributed by atoms with E-state index in [2.05, 4.69) is 15.6 Å². The molecular weight excluding hydrogens is 282 g/mol. The molecule has 0 aliphatic heterocycles. The maximum absolute atomic E-state index is 11.8. The Balaban J connectivity index is 1.88. The van der Waals surface area contributed by atoms with Gasteiger partial charge in [0.15, 0.2) is 0 Å². The Morgan fingerprint density at radius 3 is 2.74 bits per heavy atom. The first-order valence-electron chi connectivity index (χ1n) is 5.69. The van der Waals surface area contributed by atoms with Crippen molar-refractivity contribution in [1.82, 2.24) is 15.6 Å². The van der Waals surface area contributed by atoms with Crippen molar-refractivity contribution in [3.63, 3.8) is 0 Å². The highest BCUT2D eigenvalue weighted by atomic mass is 32.1. The lowest BCUT2D eigenvalue weighted by atomic mass is 10.4. The third kappa shape index (κ3) is 3.87. The van der Waals surface area contributed by atoms with Gasteiger partial charge in [0.25, 0.3) is 5.91 Å². The molecule has 0 fully saturated rings. The van der Waals surface area contributed by atoms with E-state index >= 15 is 0 Å². The van der Waals surface area contributed by atoms with Crippen LogP contribution in [-0.2, 0) is 4.79 Å². The summed E-state index contributed by atoms with van der Waals surface area (Å²) in [6.45, 7) is 2.25. The Hall–Kier alpha value is -1.73. The van der Waals surface area contributed by atoms with Crippen molar-refractivity contribution in [3.8, 4) is 9.88 Å². The molecule has 2 N–H and O–H groups in total. The first kappa shape index (κ1) is 13.7. The van der Waals surface area contributed by atoms with Crippen LogP contribution < -0.4 is 10.6 Å². The third-order valence-electron chi connectivity index (χ3n) is 2.25. The van der Waals surface area contributed by atoms with Crippen LogP contribution in [0.15, 0.2) is 22.9 Å². The van der Waals surface area contributed by atoms with E-state index in [4.69, 9.17) is 0 Å². The average Bonchev–Trinajstić information content (AvgIpc) is 3.03. The zero-order valence-electron chi connectivity index (χ0n) is 10.3. The predicted octanol–water partition coefficient (Wildman–Crippen LogP) is 1.74.